The summed E-state index contributed by atoms with van der Waals surface area (Å²) in [6.45, 7) is 0. The van der Waals surface area contributed by atoms with Crippen LogP contribution in [0.15, 0.2) is 0 Å². The minimum Gasteiger partial charge on any atom is -0.307 e. The van der Waals surface area contributed by atoms with E-state index in [1.165, 1.54) is 6.42 Å². The molecule has 2 atom stereocenters. The number of rotatable bonds is 2. The maximum Gasteiger partial charge on any atom is 0.295 e. The van der Waals surface area contributed by atoms with E-state index in [1.807, 2.05) is 0 Å². The molecule has 4 bridgehead atoms. The molecule has 0 amide bonds. The van der Waals surface area contributed by atoms with Crippen LogP contribution in [-0.2, 0) is 4.84 Å². The highest BCUT2D eigenvalue weighted by atomic mass is 35.5. The molecule has 4 rings (SSSR count). The fourth-order valence-electron chi connectivity index (χ4n) is 4.33. The van der Waals surface area contributed by atoms with E-state index in [9.17, 15) is 10.1 Å². The molecule has 0 saturated heterocycles. The molecule has 4 fully saturated rings. The van der Waals surface area contributed by atoms with Crippen molar-refractivity contribution < 1.29 is 9.92 Å². The summed E-state index contributed by atoms with van der Waals surface area (Å²) >= 11 is 6.50. The third kappa shape index (κ3) is 1.50. The molecule has 4 aliphatic rings. The molecule has 0 aromatic carbocycles. The molecule has 0 N–H and O–H groups in total. The van der Waals surface area contributed by atoms with Crippen molar-refractivity contribution >= 4 is 11.6 Å². The molecule has 0 aromatic rings. The van der Waals surface area contributed by atoms with Crippen molar-refractivity contribution in [3.05, 3.63) is 10.1 Å². The van der Waals surface area contributed by atoms with Gasteiger partial charge in [0, 0.05) is 4.87 Å². The molecule has 2 unspecified atom stereocenters. The third-order valence-electron chi connectivity index (χ3n) is 4.20. The fraction of sp³-hybridized carbons (Fsp3) is 1.00. The molecule has 4 aliphatic carbocycles. The Kier molecular flexibility index (Phi) is 1.80. The second-order valence-corrected chi connectivity index (χ2v) is 6.41. The Labute approximate surface area is 93.0 Å². The average molecular weight is 232 g/mol. The first kappa shape index (κ1) is 9.70. The largest absolute Gasteiger partial charge is 0.307 e. The maximum absolute atomic E-state index is 10.5. The van der Waals surface area contributed by atoms with E-state index in [4.69, 9.17) is 16.4 Å². The Morgan fingerprint density at radius 3 is 2.33 bits per heavy atom. The van der Waals surface area contributed by atoms with Crippen LogP contribution in [0.1, 0.15) is 38.5 Å². The van der Waals surface area contributed by atoms with Crippen molar-refractivity contribution in [1.29, 1.82) is 0 Å². The van der Waals surface area contributed by atoms with Crippen molar-refractivity contribution in [2.24, 2.45) is 11.8 Å². The van der Waals surface area contributed by atoms with Crippen LogP contribution in [0.2, 0.25) is 0 Å². The summed E-state index contributed by atoms with van der Waals surface area (Å²) in [5.74, 6) is 1.09. The van der Waals surface area contributed by atoms with Gasteiger partial charge in [0.05, 0.1) is 0 Å². The molecular weight excluding hydrogens is 218 g/mol. The average Bonchev–Trinajstić information content (AvgIpc) is 1.94. The lowest BCUT2D eigenvalue weighted by atomic mass is 9.54. The van der Waals surface area contributed by atoms with E-state index in [0.29, 0.717) is 18.3 Å². The lowest BCUT2D eigenvalue weighted by Gasteiger charge is -2.58. The minimum atomic E-state index is -0.632. The van der Waals surface area contributed by atoms with Crippen molar-refractivity contribution in [2.45, 2.75) is 49.0 Å². The summed E-state index contributed by atoms with van der Waals surface area (Å²) in [6.07, 6.45) is 5.56. The number of alkyl halides is 1. The maximum atomic E-state index is 10.5. The Hall–Kier alpha value is -0.510. The van der Waals surface area contributed by atoms with E-state index < -0.39 is 10.7 Å². The number of hydrogen-bond acceptors (Lipinski definition) is 3. The highest BCUT2D eigenvalue weighted by Gasteiger charge is 2.59. The van der Waals surface area contributed by atoms with Crippen LogP contribution >= 0.6 is 11.6 Å². The Morgan fingerprint density at radius 2 is 1.87 bits per heavy atom. The van der Waals surface area contributed by atoms with Crippen LogP contribution in [0.4, 0.5) is 0 Å². The van der Waals surface area contributed by atoms with Crippen LogP contribution in [0.3, 0.4) is 0 Å². The van der Waals surface area contributed by atoms with Crippen molar-refractivity contribution in [3.8, 4) is 0 Å². The summed E-state index contributed by atoms with van der Waals surface area (Å²) in [4.78, 5) is 15.3. The standard InChI is InChI=1S/C10H14ClNO3/c11-9-2-7-1-8(3-9)5-10(4-7,6-9)15-12(13)14/h7-8H,1-6H2. The quantitative estimate of drug-likeness (QED) is 0.417. The third-order valence-corrected chi connectivity index (χ3v) is 4.65. The Morgan fingerprint density at radius 1 is 1.27 bits per heavy atom. The molecule has 0 heterocycles. The highest BCUT2D eigenvalue weighted by molar-refractivity contribution is 6.24. The van der Waals surface area contributed by atoms with Crippen LogP contribution in [0.5, 0.6) is 0 Å². The van der Waals surface area contributed by atoms with Gasteiger partial charge in [0.2, 0.25) is 0 Å². The van der Waals surface area contributed by atoms with Crippen molar-refractivity contribution in [2.75, 3.05) is 0 Å². The first-order chi connectivity index (χ1) is 6.99. The summed E-state index contributed by atoms with van der Waals surface area (Å²) in [5.41, 5.74) is -0.546. The zero-order valence-electron chi connectivity index (χ0n) is 8.45. The minimum absolute atomic E-state index is 0.208. The topological polar surface area (TPSA) is 52.4 Å². The summed E-state index contributed by atoms with van der Waals surface area (Å²) < 4.78 is 0. The summed E-state index contributed by atoms with van der Waals surface area (Å²) in [7, 11) is 0. The molecule has 84 valence electrons. The highest BCUT2D eigenvalue weighted by Crippen LogP contribution is 2.61. The molecule has 15 heavy (non-hydrogen) atoms. The monoisotopic (exact) mass is 231 g/mol. The van der Waals surface area contributed by atoms with Gasteiger partial charge in [-0.05, 0) is 50.4 Å². The smallest absolute Gasteiger partial charge is 0.295 e. The van der Waals surface area contributed by atoms with E-state index in [1.54, 1.807) is 0 Å². The lowest BCUT2D eigenvalue weighted by molar-refractivity contribution is -0.785. The van der Waals surface area contributed by atoms with Crippen molar-refractivity contribution in [3.63, 3.8) is 0 Å². The Balaban J connectivity index is 1.89. The van der Waals surface area contributed by atoms with Gasteiger partial charge in [-0.2, -0.15) is 0 Å². The number of hydrogen-bond donors (Lipinski definition) is 0. The molecule has 0 aromatic heterocycles. The van der Waals surface area contributed by atoms with Gasteiger partial charge in [-0.15, -0.1) is 21.7 Å². The van der Waals surface area contributed by atoms with Gasteiger partial charge >= 0.3 is 0 Å². The SMILES string of the molecule is O=[N+]([O-])OC12CC3CC(CC(Cl)(C3)C1)C2. The van der Waals surface area contributed by atoms with Gasteiger partial charge in [0.1, 0.15) is 5.60 Å². The van der Waals surface area contributed by atoms with Crippen molar-refractivity contribution in [1.82, 2.24) is 0 Å². The second-order valence-electron chi connectivity index (χ2n) is 5.61. The van der Waals surface area contributed by atoms with Gasteiger partial charge in [-0.3, -0.25) is 0 Å². The van der Waals surface area contributed by atoms with E-state index >= 15 is 0 Å². The molecule has 0 spiro atoms. The lowest BCUT2D eigenvalue weighted by Crippen LogP contribution is -2.58. The number of nitrogens with zero attached hydrogens (tertiary/aromatic N) is 1. The second kappa shape index (κ2) is 2.78. The first-order valence-corrected chi connectivity index (χ1v) is 5.89. The predicted octanol–water partition coefficient (Wildman–Crippen LogP) is 2.52. The molecular formula is C10H14ClNO3. The van der Waals surface area contributed by atoms with Gasteiger partial charge in [0.25, 0.3) is 5.09 Å². The van der Waals surface area contributed by atoms with E-state index in [-0.39, 0.29) is 4.87 Å². The number of halogens is 1. The van der Waals surface area contributed by atoms with E-state index in [2.05, 4.69) is 0 Å². The summed E-state index contributed by atoms with van der Waals surface area (Å²) in [5, 5.41) is 9.90. The molecule has 4 nitrogen and oxygen atoms in total. The van der Waals surface area contributed by atoms with Crippen LogP contribution in [0, 0.1) is 22.0 Å². The molecule has 4 saturated carbocycles. The summed E-state index contributed by atoms with van der Waals surface area (Å²) in [6, 6.07) is 0. The zero-order valence-corrected chi connectivity index (χ0v) is 9.20. The van der Waals surface area contributed by atoms with Crippen LogP contribution in [0.25, 0.3) is 0 Å². The predicted molar refractivity (Wildman–Crippen MR) is 54.1 cm³/mol. The molecule has 0 radical (unpaired) electrons. The van der Waals surface area contributed by atoms with Crippen LogP contribution < -0.4 is 0 Å². The Bertz CT molecular complexity index is 306. The fourth-order valence-corrected chi connectivity index (χ4v) is 5.01. The first-order valence-electron chi connectivity index (χ1n) is 5.51. The van der Waals surface area contributed by atoms with Gasteiger partial charge in [0.15, 0.2) is 0 Å². The zero-order chi connectivity index (χ0) is 10.7. The van der Waals surface area contributed by atoms with Gasteiger partial charge in [-0.25, -0.2) is 0 Å². The van der Waals surface area contributed by atoms with Gasteiger partial charge in [-0.1, -0.05) is 0 Å². The van der Waals surface area contributed by atoms with E-state index in [0.717, 1.165) is 25.7 Å². The molecule has 0 aliphatic heterocycles. The van der Waals surface area contributed by atoms with Crippen LogP contribution in [-0.4, -0.2) is 15.6 Å². The van der Waals surface area contributed by atoms with Gasteiger partial charge < -0.3 is 4.84 Å². The normalized spacial score (nSPS) is 51.8. The molecule has 5 heteroatoms.